The second kappa shape index (κ2) is 6.60. The van der Waals surface area contributed by atoms with Crippen molar-refractivity contribution in [2.45, 2.75) is 19.9 Å². The molecule has 1 amide bonds. The monoisotopic (exact) mass is 313 g/mol. The summed E-state index contributed by atoms with van der Waals surface area (Å²) in [7, 11) is 1.63. The van der Waals surface area contributed by atoms with Crippen molar-refractivity contribution in [3.8, 4) is 17.2 Å². The Labute approximate surface area is 135 Å². The van der Waals surface area contributed by atoms with Crippen LogP contribution in [-0.4, -0.2) is 19.8 Å². The van der Waals surface area contributed by atoms with Crippen LogP contribution in [0.1, 0.15) is 28.4 Å². The fraction of sp³-hybridized carbons (Fsp3) is 0.278. The summed E-state index contributed by atoms with van der Waals surface area (Å²) in [4.78, 5) is 12.3. The highest BCUT2D eigenvalue weighted by Crippen LogP contribution is 2.32. The Morgan fingerprint density at radius 2 is 2.00 bits per heavy atom. The molecule has 1 heterocycles. The van der Waals surface area contributed by atoms with E-state index in [1.807, 2.05) is 12.1 Å². The number of ether oxygens (including phenoxy) is 3. The maximum absolute atomic E-state index is 12.3. The molecule has 1 N–H and O–H groups in total. The first kappa shape index (κ1) is 15.2. The zero-order valence-corrected chi connectivity index (χ0v) is 13.2. The summed E-state index contributed by atoms with van der Waals surface area (Å²) in [6.07, 6.45) is 0.938. The maximum Gasteiger partial charge on any atom is 0.251 e. The number of methoxy groups -OCH3 is 1. The first-order chi connectivity index (χ1) is 11.2. The van der Waals surface area contributed by atoms with Crippen LogP contribution in [0.5, 0.6) is 17.2 Å². The number of hydrogen-bond donors (Lipinski definition) is 1. The van der Waals surface area contributed by atoms with Gasteiger partial charge in [0, 0.05) is 17.7 Å². The largest absolute Gasteiger partial charge is 0.496 e. The predicted octanol–water partition coefficient (Wildman–Crippen LogP) is 2.92. The minimum Gasteiger partial charge on any atom is -0.496 e. The van der Waals surface area contributed by atoms with Gasteiger partial charge in [-0.2, -0.15) is 0 Å². The highest BCUT2D eigenvalue weighted by molar-refractivity contribution is 5.94. The molecule has 0 fully saturated rings. The van der Waals surface area contributed by atoms with Gasteiger partial charge in [0.25, 0.3) is 5.91 Å². The number of aryl methyl sites for hydroxylation is 1. The highest BCUT2D eigenvalue weighted by atomic mass is 16.7. The van der Waals surface area contributed by atoms with Crippen molar-refractivity contribution in [3.63, 3.8) is 0 Å². The predicted molar refractivity (Wildman–Crippen MR) is 86.1 cm³/mol. The van der Waals surface area contributed by atoms with Crippen LogP contribution >= 0.6 is 0 Å². The zero-order chi connectivity index (χ0) is 16.2. The van der Waals surface area contributed by atoms with Crippen molar-refractivity contribution in [1.29, 1.82) is 0 Å². The second-order valence-corrected chi connectivity index (χ2v) is 5.25. The third-order valence-corrected chi connectivity index (χ3v) is 3.83. The van der Waals surface area contributed by atoms with Crippen LogP contribution in [-0.2, 0) is 13.0 Å². The van der Waals surface area contributed by atoms with Gasteiger partial charge >= 0.3 is 0 Å². The standard InChI is InChI=1S/C18H19NO4/c1-3-12-4-6-15(21-2)14(8-12)10-19-18(20)13-5-7-16-17(9-13)23-11-22-16/h4-9H,3,10-11H2,1-2H3,(H,19,20). The zero-order valence-electron chi connectivity index (χ0n) is 13.2. The smallest absolute Gasteiger partial charge is 0.251 e. The van der Waals surface area contributed by atoms with E-state index in [0.717, 1.165) is 17.7 Å². The molecule has 5 heteroatoms. The number of fused-ring (bicyclic) bond motifs is 1. The van der Waals surface area contributed by atoms with E-state index < -0.39 is 0 Å². The third-order valence-electron chi connectivity index (χ3n) is 3.83. The van der Waals surface area contributed by atoms with Crippen LogP contribution in [0.4, 0.5) is 0 Å². The highest BCUT2D eigenvalue weighted by Gasteiger charge is 2.16. The van der Waals surface area contributed by atoms with E-state index in [1.165, 1.54) is 5.56 Å². The molecule has 0 saturated carbocycles. The lowest BCUT2D eigenvalue weighted by Crippen LogP contribution is -2.23. The molecule has 1 aliphatic heterocycles. The Balaban J connectivity index is 1.71. The molecule has 2 aromatic rings. The Morgan fingerprint density at radius 3 is 2.78 bits per heavy atom. The average Bonchev–Trinajstić information content (AvgIpc) is 3.06. The van der Waals surface area contributed by atoms with Crippen LogP contribution in [0.15, 0.2) is 36.4 Å². The van der Waals surface area contributed by atoms with E-state index >= 15 is 0 Å². The van der Waals surface area contributed by atoms with Gasteiger partial charge in [-0.15, -0.1) is 0 Å². The summed E-state index contributed by atoms with van der Waals surface area (Å²) in [6.45, 7) is 2.70. The summed E-state index contributed by atoms with van der Waals surface area (Å²) >= 11 is 0. The Bertz CT molecular complexity index is 727. The van der Waals surface area contributed by atoms with Gasteiger partial charge < -0.3 is 19.5 Å². The van der Waals surface area contributed by atoms with E-state index in [9.17, 15) is 4.79 Å². The minimum absolute atomic E-state index is 0.160. The summed E-state index contributed by atoms with van der Waals surface area (Å²) in [5.74, 6) is 1.88. The normalized spacial score (nSPS) is 12.1. The van der Waals surface area contributed by atoms with Crippen molar-refractivity contribution in [1.82, 2.24) is 5.32 Å². The van der Waals surface area contributed by atoms with Crippen LogP contribution < -0.4 is 19.5 Å². The summed E-state index contributed by atoms with van der Waals surface area (Å²) in [5.41, 5.74) is 2.71. The third kappa shape index (κ3) is 3.23. The van der Waals surface area contributed by atoms with E-state index in [1.54, 1.807) is 25.3 Å². The van der Waals surface area contributed by atoms with Gasteiger partial charge in [0.05, 0.1) is 7.11 Å². The molecule has 0 saturated heterocycles. The maximum atomic E-state index is 12.3. The molecule has 2 aromatic carbocycles. The van der Waals surface area contributed by atoms with Crippen molar-refractivity contribution < 1.29 is 19.0 Å². The van der Waals surface area contributed by atoms with Crippen LogP contribution in [0.3, 0.4) is 0 Å². The molecule has 0 aromatic heterocycles. The fourth-order valence-electron chi connectivity index (χ4n) is 2.51. The lowest BCUT2D eigenvalue weighted by atomic mass is 10.1. The summed E-state index contributed by atoms with van der Waals surface area (Å²) in [6, 6.07) is 11.2. The Kier molecular flexibility index (Phi) is 4.37. The van der Waals surface area contributed by atoms with E-state index in [0.29, 0.717) is 23.6 Å². The molecule has 0 atom stereocenters. The lowest BCUT2D eigenvalue weighted by molar-refractivity contribution is 0.0950. The van der Waals surface area contributed by atoms with Gasteiger partial charge in [-0.3, -0.25) is 4.79 Å². The van der Waals surface area contributed by atoms with Crippen molar-refractivity contribution in [3.05, 3.63) is 53.1 Å². The molecule has 120 valence electrons. The topological polar surface area (TPSA) is 56.8 Å². The first-order valence-electron chi connectivity index (χ1n) is 7.55. The van der Waals surface area contributed by atoms with Gasteiger partial charge in [0.15, 0.2) is 11.5 Å². The molecule has 3 rings (SSSR count). The summed E-state index contributed by atoms with van der Waals surface area (Å²) in [5, 5.41) is 2.92. The van der Waals surface area contributed by atoms with Gasteiger partial charge in [-0.05, 0) is 36.2 Å². The molecule has 0 unspecified atom stereocenters. The fourth-order valence-corrected chi connectivity index (χ4v) is 2.51. The number of hydrogen-bond acceptors (Lipinski definition) is 4. The molecule has 0 spiro atoms. The first-order valence-corrected chi connectivity index (χ1v) is 7.55. The number of carbonyl (C=O) groups excluding carboxylic acids is 1. The van der Waals surface area contributed by atoms with Crippen LogP contribution in [0, 0.1) is 0 Å². The van der Waals surface area contributed by atoms with Crippen molar-refractivity contribution >= 4 is 5.91 Å². The molecule has 0 aliphatic carbocycles. The van der Waals surface area contributed by atoms with Gasteiger partial charge in [-0.1, -0.05) is 19.1 Å². The number of benzene rings is 2. The van der Waals surface area contributed by atoms with E-state index in [2.05, 4.69) is 18.3 Å². The van der Waals surface area contributed by atoms with Gasteiger partial charge in [0.1, 0.15) is 5.75 Å². The number of nitrogens with one attached hydrogen (secondary N) is 1. The Morgan fingerprint density at radius 1 is 1.17 bits per heavy atom. The van der Waals surface area contributed by atoms with Gasteiger partial charge in [-0.25, -0.2) is 0 Å². The van der Waals surface area contributed by atoms with Gasteiger partial charge in [0.2, 0.25) is 6.79 Å². The molecular formula is C18H19NO4. The molecule has 1 aliphatic rings. The number of carbonyl (C=O) groups is 1. The molecule has 0 bridgehead atoms. The molecule has 5 nitrogen and oxygen atoms in total. The lowest BCUT2D eigenvalue weighted by Gasteiger charge is -2.11. The minimum atomic E-state index is -0.160. The van der Waals surface area contributed by atoms with Crippen LogP contribution in [0.2, 0.25) is 0 Å². The second-order valence-electron chi connectivity index (χ2n) is 5.25. The SMILES string of the molecule is CCc1ccc(OC)c(CNC(=O)c2ccc3c(c2)OCO3)c1. The quantitative estimate of drug-likeness (QED) is 0.922. The Hall–Kier alpha value is -2.69. The molecular weight excluding hydrogens is 294 g/mol. The van der Waals surface area contributed by atoms with E-state index in [4.69, 9.17) is 14.2 Å². The molecule has 23 heavy (non-hydrogen) atoms. The van der Waals surface area contributed by atoms with Crippen molar-refractivity contribution in [2.75, 3.05) is 13.9 Å². The van der Waals surface area contributed by atoms with Crippen molar-refractivity contribution in [2.24, 2.45) is 0 Å². The van der Waals surface area contributed by atoms with E-state index in [-0.39, 0.29) is 12.7 Å². The number of amides is 1. The summed E-state index contributed by atoms with van der Waals surface area (Å²) < 4.78 is 15.9. The number of rotatable bonds is 5. The average molecular weight is 313 g/mol. The molecule has 0 radical (unpaired) electrons. The van der Waals surface area contributed by atoms with Crippen LogP contribution in [0.25, 0.3) is 0 Å².